The van der Waals surface area contributed by atoms with Gasteiger partial charge in [-0.05, 0) is 34.6 Å². The Kier molecular flexibility index (Phi) is 5.06. The van der Waals surface area contributed by atoms with Crippen molar-refractivity contribution in [2.45, 2.75) is 40.2 Å². The molecule has 0 heterocycles. The zero-order valence-electron chi connectivity index (χ0n) is 10.3. The number of ether oxygens (including phenoxy) is 1. The van der Waals surface area contributed by atoms with E-state index in [2.05, 4.69) is 6.58 Å². The van der Waals surface area contributed by atoms with Gasteiger partial charge in [-0.3, -0.25) is 0 Å². The van der Waals surface area contributed by atoms with Crippen LogP contribution in [0.2, 0.25) is 0 Å². The van der Waals surface area contributed by atoms with Crippen molar-refractivity contribution in [2.24, 2.45) is 0 Å². The summed E-state index contributed by atoms with van der Waals surface area (Å²) in [6.45, 7) is 12.8. The number of allylic oxidation sites excluding steroid dienone is 4. The summed E-state index contributed by atoms with van der Waals surface area (Å²) >= 11 is 0. The summed E-state index contributed by atoms with van der Waals surface area (Å²) in [4.78, 5) is 11.5. The maximum Gasteiger partial charge on any atom is 0.334 e. The third-order valence-electron chi connectivity index (χ3n) is 1.64. The van der Waals surface area contributed by atoms with Gasteiger partial charge in [0, 0.05) is 5.57 Å². The Bertz CT molecular complexity index is 301. The van der Waals surface area contributed by atoms with Gasteiger partial charge in [0.2, 0.25) is 0 Å². The molecular formula is C13H20O2. The SMILES string of the molecule is C=C/C(C)=C/C=C(\C)C(=O)OC(C)(C)C. The molecule has 0 aliphatic carbocycles. The van der Waals surface area contributed by atoms with E-state index in [9.17, 15) is 4.79 Å². The predicted octanol–water partition coefficient (Wildman–Crippen LogP) is 3.41. The van der Waals surface area contributed by atoms with E-state index in [4.69, 9.17) is 4.74 Å². The normalized spacial score (nSPS) is 13.7. The molecule has 0 atom stereocenters. The first-order valence-electron chi connectivity index (χ1n) is 4.97. The van der Waals surface area contributed by atoms with Crippen LogP contribution >= 0.6 is 0 Å². The molecule has 2 heteroatoms. The molecule has 84 valence electrons. The Morgan fingerprint density at radius 2 is 1.73 bits per heavy atom. The van der Waals surface area contributed by atoms with E-state index in [1.54, 1.807) is 19.1 Å². The van der Waals surface area contributed by atoms with Crippen LogP contribution in [0.15, 0.2) is 36.0 Å². The first kappa shape index (κ1) is 13.7. The first-order valence-corrected chi connectivity index (χ1v) is 4.97. The molecule has 2 nitrogen and oxygen atoms in total. The van der Waals surface area contributed by atoms with Crippen molar-refractivity contribution in [2.75, 3.05) is 0 Å². The second-order valence-corrected chi connectivity index (χ2v) is 4.47. The van der Waals surface area contributed by atoms with Gasteiger partial charge in [0.15, 0.2) is 0 Å². The molecule has 15 heavy (non-hydrogen) atoms. The van der Waals surface area contributed by atoms with Crippen LogP contribution < -0.4 is 0 Å². The molecule has 0 rings (SSSR count). The predicted molar refractivity (Wildman–Crippen MR) is 63.6 cm³/mol. The second kappa shape index (κ2) is 5.54. The molecule has 0 amide bonds. The van der Waals surface area contributed by atoms with Crippen LogP contribution in [0.5, 0.6) is 0 Å². The minimum atomic E-state index is -0.441. The van der Waals surface area contributed by atoms with Gasteiger partial charge in [-0.25, -0.2) is 4.79 Å². The zero-order chi connectivity index (χ0) is 12.1. The monoisotopic (exact) mass is 208 g/mol. The fraction of sp³-hybridized carbons (Fsp3) is 0.462. The molecular weight excluding hydrogens is 188 g/mol. The van der Waals surface area contributed by atoms with Crippen molar-refractivity contribution in [1.29, 1.82) is 0 Å². The lowest BCUT2D eigenvalue weighted by Crippen LogP contribution is -2.24. The number of rotatable bonds is 3. The fourth-order valence-electron chi connectivity index (χ4n) is 0.751. The van der Waals surface area contributed by atoms with Crippen molar-refractivity contribution in [3.8, 4) is 0 Å². The highest BCUT2D eigenvalue weighted by Crippen LogP contribution is 2.10. The summed E-state index contributed by atoms with van der Waals surface area (Å²) in [5, 5.41) is 0. The molecule has 0 spiro atoms. The van der Waals surface area contributed by atoms with Gasteiger partial charge in [0.05, 0.1) is 0 Å². The van der Waals surface area contributed by atoms with E-state index < -0.39 is 5.60 Å². The molecule has 0 N–H and O–H groups in total. The van der Waals surface area contributed by atoms with Gasteiger partial charge >= 0.3 is 5.97 Å². The minimum absolute atomic E-state index is 0.282. The lowest BCUT2D eigenvalue weighted by atomic mass is 10.2. The maximum atomic E-state index is 11.5. The highest BCUT2D eigenvalue weighted by Gasteiger charge is 2.16. The van der Waals surface area contributed by atoms with Crippen molar-refractivity contribution in [3.05, 3.63) is 36.0 Å². The number of hydrogen-bond acceptors (Lipinski definition) is 2. The molecule has 0 aliphatic heterocycles. The lowest BCUT2D eigenvalue weighted by molar-refractivity contribution is -0.149. The summed E-state index contributed by atoms with van der Waals surface area (Å²) in [7, 11) is 0. The van der Waals surface area contributed by atoms with Crippen LogP contribution in [0.3, 0.4) is 0 Å². The molecule has 0 aromatic rings. The van der Waals surface area contributed by atoms with Crippen LogP contribution in [0.25, 0.3) is 0 Å². The third kappa shape index (κ3) is 6.72. The molecule has 0 aromatic carbocycles. The summed E-state index contributed by atoms with van der Waals surface area (Å²) in [6, 6.07) is 0. The van der Waals surface area contributed by atoms with Crippen LogP contribution in [0, 0.1) is 0 Å². The van der Waals surface area contributed by atoms with Gasteiger partial charge in [0.1, 0.15) is 5.60 Å². The smallest absolute Gasteiger partial charge is 0.334 e. The molecule has 0 aliphatic rings. The lowest BCUT2D eigenvalue weighted by Gasteiger charge is -2.19. The minimum Gasteiger partial charge on any atom is -0.457 e. The van der Waals surface area contributed by atoms with Gasteiger partial charge in [-0.15, -0.1) is 0 Å². The van der Waals surface area contributed by atoms with Gasteiger partial charge in [0.25, 0.3) is 0 Å². The van der Waals surface area contributed by atoms with Crippen molar-refractivity contribution in [3.63, 3.8) is 0 Å². The van der Waals surface area contributed by atoms with Gasteiger partial charge in [-0.2, -0.15) is 0 Å². The molecule has 0 bridgehead atoms. The van der Waals surface area contributed by atoms with Crippen molar-refractivity contribution in [1.82, 2.24) is 0 Å². The molecule has 0 radical (unpaired) electrons. The maximum absolute atomic E-state index is 11.5. The van der Waals surface area contributed by atoms with E-state index in [1.807, 2.05) is 33.8 Å². The number of carbonyl (C=O) groups is 1. The average Bonchev–Trinajstić information content (AvgIpc) is 2.10. The zero-order valence-corrected chi connectivity index (χ0v) is 10.3. The van der Waals surface area contributed by atoms with Gasteiger partial charge in [-0.1, -0.05) is 30.4 Å². The van der Waals surface area contributed by atoms with E-state index in [-0.39, 0.29) is 5.97 Å². The topological polar surface area (TPSA) is 26.3 Å². The Balaban J connectivity index is 4.52. The van der Waals surface area contributed by atoms with Crippen LogP contribution in [-0.4, -0.2) is 11.6 Å². The molecule has 0 fully saturated rings. The average molecular weight is 208 g/mol. The summed E-state index contributed by atoms with van der Waals surface area (Å²) < 4.78 is 5.20. The van der Waals surface area contributed by atoms with Crippen molar-refractivity contribution < 1.29 is 9.53 Å². The first-order chi connectivity index (χ1) is 6.76. The number of hydrogen-bond donors (Lipinski definition) is 0. The molecule has 0 saturated heterocycles. The van der Waals surface area contributed by atoms with E-state index in [0.29, 0.717) is 5.57 Å². The van der Waals surface area contributed by atoms with Crippen LogP contribution in [-0.2, 0) is 9.53 Å². The quantitative estimate of drug-likeness (QED) is 0.403. The van der Waals surface area contributed by atoms with Crippen LogP contribution in [0.1, 0.15) is 34.6 Å². The Morgan fingerprint density at radius 1 is 1.20 bits per heavy atom. The second-order valence-electron chi connectivity index (χ2n) is 4.47. The number of esters is 1. The fourth-order valence-corrected chi connectivity index (χ4v) is 0.751. The summed E-state index contributed by atoms with van der Waals surface area (Å²) in [5.41, 5.74) is 1.16. The van der Waals surface area contributed by atoms with E-state index in [1.165, 1.54) is 0 Å². The summed E-state index contributed by atoms with van der Waals surface area (Å²) in [6.07, 6.45) is 5.32. The van der Waals surface area contributed by atoms with E-state index in [0.717, 1.165) is 5.57 Å². The third-order valence-corrected chi connectivity index (χ3v) is 1.64. The van der Waals surface area contributed by atoms with Crippen molar-refractivity contribution >= 4 is 5.97 Å². The Labute approximate surface area is 92.3 Å². The van der Waals surface area contributed by atoms with Gasteiger partial charge < -0.3 is 4.74 Å². The largest absolute Gasteiger partial charge is 0.457 e. The highest BCUT2D eigenvalue weighted by atomic mass is 16.6. The standard InChI is InChI=1S/C13H20O2/c1-7-10(2)8-9-11(3)12(14)15-13(4,5)6/h7-9H,1H2,2-6H3/b10-8+,11-9+. The van der Waals surface area contributed by atoms with Crippen LogP contribution in [0.4, 0.5) is 0 Å². The Morgan fingerprint density at radius 3 is 2.13 bits per heavy atom. The Hall–Kier alpha value is -1.31. The molecule has 0 saturated carbocycles. The molecule has 0 aromatic heterocycles. The molecule has 0 unspecified atom stereocenters. The van der Waals surface area contributed by atoms with E-state index >= 15 is 0 Å². The summed E-state index contributed by atoms with van der Waals surface area (Å²) in [5.74, 6) is -0.282. The number of carbonyl (C=O) groups excluding carboxylic acids is 1. The highest BCUT2D eigenvalue weighted by molar-refractivity contribution is 5.88.